The largest absolute Gasteiger partial charge is 0.378 e. The number of para-hydroxylation sites is 1. The third kappa shape index (κ3) is 2.28. The Hall–Kier alpha value is -2.77. The molecule has 98 valence electrons. The van der Waals surface area contributed by atoms with Crippen LogP contribution in [0.1, 0.15) is 0 Å². The van der Waals surface area contributed by atoms with Gasteiger partial charge in [0.05, 0.1) is 10.6 Å². The molecule has 0 fully saturated rings. The molecule has 0 spiro atoms. The molecular weight excluding hydrogens is 253 g/mol. The van der Waals surface area contributed by atoms with Gasteiger partial charge in [-0.1, -0.05) is 12.1 Å². The topological polar surface area (TPSA) is 98.2 Å². The Morgan fingerprint density at radius 3 is 2.68 bits per heavy atom. The highest BCUT2D eigenvalue weighted by Crippen LogP contribution is 2.33. The number of aromatic nitrogens is 2. The second-order valence-electron chi connectivity index (χ2n) is 3.70. The monoisotopic (exact) mass is 263 g/mol. The van der Waals surface area contributed by atoms with E-state index in [1.807, 2.05) is 0 Å². The van der Waals surface area contributed by atoms with Crippen LogP contribution in [0.3, 0.4) is 0 Å². The van der Waals surface area contributed by atoms with Crippen molar-refractivity contribution < 1.29 is 9.31 Å². The van der Waals surface area contributed by atoms with E-state index in [0.29, 0.717) is 0 Å². The first-order chi connectivity index (χ1) is 9.02. The van der Waals surface area contributed by atoms with Gasteiger partial charge in [0, 0.05) is 7.05 Å². The summed E-state index contributed by atoms with van der Waals surface area (Å²) in [6.45, 7) is 0. The highest BCUT2D eigenvalue weighted by Gasteiger charge is 2.25. The van der Waals surface area contributed by atoms with Gasteiger partial charge in [0.1, 0.15) is 12.1 Å². The first-order valence-corrected chi connectivity index (χ1v) is 5.25. The minimum atomic E-state index is -0.692. The normalized spacial score (nSPS) is 10.2. The van der Waals surface area contributed by atoms with Crippen LogP contribution < -0.4 is 10.6 Å². The van der Waals surface area contributed by atoms with Crippen LogP contribution in [-0.2, 0) is 0 Å². The molecular formula is C11H10FN5O2. The second kappa shape index (κ2) is 4.84. The molecule has 0 saturated carbocycles. The summed E-state index contributed by atoms with van der Waals surface area (Å²) in [6.07, 6.45) is 1.09. The molecule has 0 saturated heterocycles. The summed E-state index contributed by atoms with van der Waals surface area (Å²) in [4.78, 5) is 18.9. The SMILES string of the molecule is CN(c1ccccc1F)c1ncnc(N)c1[N+](=O)[O-]. The zero-order valence-electron chi connectivity index (χ0n) is 9.95. The summed E-state index contributed by atoms with van der Waals surface area (Å²) >= 11 is 0. The third-order valence-corrected chi connectivity index (χ3v) is 2.55. The number of anilines is 3. The van der Waals surface area contributed by atoms with Crippen LogP contribution in [0.15, 0.2) is 30.6 Å². The number of benzene rings is 1. The number of hydrogen-bond donors (Lipinski definition) is 1. The molecule has 0 aliphatic heterocycles. The van der Waals surface area contributed by atoms with Crippen LogP contribution in [0.25, 0.3) is 0 Å². The number of nitrogens with two attached hydrogens (primary N) is 1. The third-order valence-electron chi connectivity index (χ3n) is 2.55. The molecule has 2 rings (SSSR count). The minimum absolute atomic E-state index is 0.0670. The van der Waals surface area contributed by atoms with Crippen molar-refractivity contribution in [1.29, 1.82) is 0 Å². The summed E-state index contributed by atoms with van der Waals surface area (Å²) in [5.74, 6) is -0.850. The van der Waals surface area contributed by atoms with Crippen LogP contribution in [0, 0.1) is 15.9 Å². The van der Waals surface area contributed by atoms with Crippen molar-refractivity contribution in [3.63, 3.8) is 0 Å². The van der Waals surface area contributed by atoms with Gasteiger partial charge in [-0.3, -0.25) is 10.1 Å². The molecule has 8 heteroatoms. The lowest BCUT2D eigenvalue weighted by Gasteiger charge is -2.18. The Balaban J connectivity index is 2.57. The molecule has 0 atom stereocenters. The molecule has 0 aliphatic carbocycles. The lowest BCUT2D eigenvalue weighted by Crippen LogP contribution is -2.16. The summed E-state index contributed by atoms with van der Waals surface area (Å²) in [5, 5.41) is 11.0. The highest BCUT2D eigenvalue weighted by molar-refractivity contribution is 5.74. The smallest absolute Gasteiger partial charge is 0.353 e. The summed E-state index contributed by atoms with van der Waals surface area (Å²) in [5.41, 5.74) is 5.17. The van der Waals surface area contributed by atoms with E-state index in [9.17, 15) is 14.5 Å². The molecule has 0 aliphatic rings. The summed E-state index contributed by atoms with van der Waals surface area (Å²) in [6, 6.07) is 5.88. The standard InChI is InChI=1S/C11H10FN5O2/c1-16(8-5-3-2-4-7(8)12)11-9(17(18)19)10(13)14-6-15-11/h2-6H,1H3,(H2,13,14,15). The van der Waals surface area contributed by atoms with E-state index in [-0.39, 0.29) is 17.3 Å². The number of hydrogen-bond acceptors (Lipinski definition) is 6. The van der Waals surface area contributed by atoms with Crippen LogP contribution >= 0.6 is 0 Å². The Kier molecular flexibility index (Phi) is 3.23. The van der Waals surface area contributed by atoms with E-state index < -0.39 is 16.4 Å². The fourth-order valence-electron chi connectivity index (χ4n) is 1.64. The van der Waals surface area contributed by atoms with E-state index >= 15 is 0 Å². The van der Waals surface area contributed by atoms with E-state index in [2.05, 4.69) is 9.97 Å². The quantitative estimate of drug-likeness (QED) is 0.670. The number of rotatable bonds is 3. The molecule has 1 heterocycles. The zero-order valence-corrected chi connectivity index (χ0v) is 9.95. The minimum Gasteiger partial charge on any atom is -0.378 e. The molecule has 0 radical (unpaired) electrons. The lowest BCUT2D eigenvalue weighted by molar-refractivity contribution is -0.383. The van der Waals surface area contributed by atoms with Gasteiger partial charge in [0.2, 0.25) is 11.6 Å². The molecule has 7 nitrogen and oxygen atoms in total. The molecule has 19 heavy (non-hydrogen) atoms. The van der Waals surface area contributed by atoms with E-state index in [1.54, 1.807) is 6.07 Å². The Morgan fingerprint density at radius 1 is 1.37 bits per heavy atom. The molecule has 0 bridgehead atoms. The summed E-state index contributed by atoms with van der Waals surface area (Å²) < 4.78 is 13.7. The van der Waals surface area contributed by atoms with E-state index in [0.717, 1.165) is 6.33 Å². The van der Waals surface area contributed by atoms with Crippen molar-refractivity contribution >= 4 is 23.0 Å². The number of nitrogens with zero attached hydrogens (tertiary/aromatic N) is 4. The van der Waals surface area contributed by atoms with E-state index in [4.69, 9.17) is 5.73 Å². The Morgan fingerprint density at radius 2 is 2.05 bits per heavy atom. The summed E-state index contributed by atoms with van der Waals surface area (Å²) in [7, 11) is 1.47. The van der Waals surface area contributed by atoms with Gasteiger partial charge in [-0.05, 0) is 12.1 Å². The maximum atomic E-state index is 13.7. The van der Waals surface area contributed by atoms with Gasteiger partial charge in [0.25, 0.3) is 0 Å². The van der Waals surface area contributed by atoms with Crippen molar-refractivity contribution in [3.05, 3.63) is 46.5 Å². The average molecular weight is 263 g/mol. The zero-order chi connectivity index (χ0) is 14.0. The molecule has 2 aromatic rings. The number of halogens is 1. The first kappa shape index (κ1) is 12.7. The van der Waals surface area contributed by atoms with Crippen LogP contribution in [0.2, 0.25) is 0 Å². The maximum Gasteiger partial charge on any atom is 0.353 e. The molecule has 0 unspecified atom stereocenters. The fraction of sp³-hybridized carbons (Fsp3) is 0.0909. The lowest BCUT2D eigenvalue weighted by atomic mass is 10.2. The van der Waals surface area contributed by atoms with Crippen molar-refractivity contribution in [1.82, 2.24) is 9.97 Å². The average Bonchev–Trinajstić information content (AvgIpc) is 2.37. The molecule has 0 amide bonds. The van der Waals surface area contributed by atoms with Gasteiger partial charge in [0.15, 0.2) is 0 Å². The van der Waals surface area contributed by atoms with Crippen molar-refractivity contribution in [2.75, 3.05) is 17.7 Å². The fourth-order valence-corrected chi connectivity index (χ4v) is 1.64. The van der Waals surface area contributed by atoms with Crippen molar-refractivity contribution in [2.45, 2.75) is 0 Å². The number of nitrogen functional groups attached to an aromatic ring is 1. The van der Waals surface area contributed by atoms with Gasteiger partial charge < -0.3 is 10.6 Å². The van der Waals surface area contributed by atoms with Crippen LogP contribution in [0.5, 0.6) is 0 Å². The molecule has 2 N–H and O–H groups in total. The predicted molar refractivity (Wildman–Crippen MR) is 67.6 cm³/mol. The Bertz CT molecular complexity index is 634. The van der Waals surface area contributed by atoms with E-state index in [1.165, 1.54) is 30.1 Å². The van der Waals surface area contributed by atoms with Gasteiger partial charge in [-0.25, -0.2) is 14.4 Å². The Labute approximate surface area is 107 Å². The second-order valence-corrected chi connectivity index (χ2v) is 3.70. The highest BCUT2D eigenvalue weighted by atomic mass is 19.1. The van der Waals surface area contributed by atoms with Crippen LogP contribution in [0.4, 0.5) is 27.4 Å². The number of nitro groups is 1. The first-order valence-electron chi connectivity index (χ1n) is 5.25. The maximum absolute atomic E-state index is 13.7. The predicted octanol–water partition coefficient (Wildman–Crippen LogP) is 1.87. The molecule has 1 aromatic heterocycles. The van der Waals surface area contributed by atoms with Gasteiger partial charge in [-0.15, -0.1) is 0 Å². The van der Waals surface area contributed by atoms with Crippen molar-refractivity contribution in [2.24, 2.45) is 0 Å². The van der Waals surface area contributed by atoms with Crippen molar-refractivity contribution in [3.8, 4) is 0 Å². The van der Waals surface area contributed by atoms with Gasteiger partial charge in [-0.2, -0.15) is 0 Å². The van der Waals surface area contributed by atoms with Gasteiger partial charge >= 0.3 is 5.69 Å². The van der Waals surface area contributed by atoms with Crippen LogP contribution in [-0.4, -0.2) is 21.9 Å². The molecule has 1 aromatic carbocycles.